The van der Waals surface area contributed by atoms with Gasteiger partial charge in [-0.1, -0.05) is 19.1 Å². The zero-order valence-corrected chi connectivity index (χ0v) is 14.2. The van der Waals surface area contributed by atoms with Crippen LogP contribution in [-0.4, -0.2) is 36.0 Å². The van der Waals surface area contributed by atoms with Crippen molar-refractivity contribution in [3.63, 3.8) is 0 Å². The number of carbonyl (C=O) groups is 1. The van der Waals surface area contributed by atoms with Crippen LogP contribution in [0.2, 0.25) is 0 Å². The van der Waals surface area contributed by atoms with Crippen molar-refractivity contribution in [3.05, 3.63) is 28.7 Å². The summed E-state index contributed by atoms with van der Waals surface area (Å²) >= 11 is 3.53. The highest BCUT2D eigenvalue weighted by Crippen LogP contribution is 2.30. The molecule has 1 aliphatic rings. The second kappa shape index (κ2) is 7.27. The lowest BCUT2D eigenvalue weighted by Gasteiger charge is -2.32. The number of hydrogen-bond acceptors (Lipinski definition) is 3. The fraction of sp³-hybridized carbons (Fsp3) is 0.562. The van der Waals surface area contributed by atoms with E-state index in [2.05, 4.69) is 33.1 Å². The average Bonchev–Trinajstić information content (AvgIpc) is 2.66. The maximum Gasteiger partial charge on any atom is 0.243 e. The number of carbonyl (C=O) groups excluding carboxylic acids is 1. The first-order chi connectivity index (χ1) is 10.1. The van der Waals surface area contributed by atoms with Crippen LogP contribution in [0.3, 0.4) is 0 Å². The molecule has 1 amide bonds. The van der Waals surface area contributed by atoms with Crippen molar-refractivity contribution in [2.75, 3.05) is 25.0 Å². The van der Waals surface area contributed by atoms with Crippen LogP contribution < -0.4 is 11.1 Å². The summed E-state index contributed by atoms with van der Waals surface area (Å²) in [6.07, 6.45) is 3.66. The van der Waals surface area contributed by atoms with Crippen molar-refractivity contribution in [2.24, 2.45) is 5.73 Å². The second-order valence-electron chi connectivity index (χ2n) is 5.75. The first-order valence-corrected chi connectivity index (χ1v) is 8.42. The molecular formula is C16H24BrN3O. The minimum Gasteiger partial charge on any atom is -0.370 e. The summed E-state index contributed by atoms with van der Waals surface area (Å²) in [6, 6.07) is 7.87. The largest absolute Gasteiger partial charge is 0.370 e. The van der Waals surface area contributed by atoms with Crippen LogP contribution >= 0.6 is 15.9 Å². The normalized spacial score (nSPS) is 23.5. The van der Waals surface area contributed by atoms with Crippen LogP contribution in [0.1, 0.15) is 32.6 Å². The summed E-state index contributed by atoms with van der Waals surface area (Å²) in [5, 5.41) is 3.42. The smallest absolute Gasteiger partial charge is 0.243 e. The Balaban J connectivity index is 2.17. The molecule has 1 saturated heterocycles. The van der Waals surface area contributed by atoms with Gasteiger partial charge in [0.1, 0.15) is 5.54 Å². The number of nitrogens with one attached hydrogen (secondary N) is 1. The highest BCUT2D eigenvalue weighted by molar-refractivity contribution is 9.10. The SMILES string of the molecule is CCCN1CCCC(Nc2ccccc2Br)(C(N)=O)CC1. The average molecular weight is 354 g/mol. The Morgan fingerprint density at radius 1 is 1.38 bits per heavy atom. The monoisotopic (exact) mass is 353 g/mol. The predicted molar refractivity (Wildman–Crippen MR) is 90.3 cm³/mol. The summed E-state index contributed by atoms with van der Waals surface area (Å²) in [4.78, 5) is 14.6. The van der Waals surface area contributed by atoms with E-state index < -0.39 is 5.54 Å². The van der Waals surface area contributed by atoms with E-state index >= 15 is 0 Å². The van der Waals surface area contributed by atoms with Gasteiger partial charge in [-0.15, -0.1) is 0 Å². The third-order valence-corrected chi connectivity index (χ3v) is 4.88. The molecule has 1 fully saturated rings. The van der Waals surface area contributed by atoms with Gasteiger partial charge in [-0.25, -0.2) is 0 Å². The molecule has 1 unspecified atom stereocenters. The molecule has 0 spiro atoms. The van der Waals surface area contributed by atoms with Gasteiger partial charge >= 0.3 is 0 Å². The Morgan fingerprint density at radius 2 is 2.14 bits per heavy atom. The van der Waals surface area contributed by atoms with Crippen molar-refractivity contribution in [2.45, 2.75) is 38.1 Å². The third kappa shape index (κ3) is 3.98. The number of nitrogens with zero attached hydrogens (tertiary/aromatic N) is 1. The lowest BCUT2D eigenvalue weighted by Crippen LogP contribution is -2.51. The Hall–Kier alpha value is -1.07. The van der Waals surface area contributed by atoms with Gasteiger partial charge in [0.15, 0.2) is 0 Å². The number of nitrogens with two attached hydrogens (primary N) is 1. The van der Waals surface area contributed by atoms with Crippen molar-refractivity contribution in [1.82, 2.24) is 4.90 Å². The highest BCUT2D eigenvalue weighted by atomic mass is 79.9. The van der Waals surface area contributed by atoms with Crippen LogP contribution in [-0.2, 0) is 4.79 Å². The first-order valence-electron chi connectivity index (χ1n) is 7.62. The molecule has 21 heavy (non-hydrogen) atoms. The molecule has 1 atom stereocenters. The number of halogens is 1. The Morgan fingerprint density at radius 3 is 2.81 bits per heavy atom. The molecule has 5 heteroatoms. The van der Waals surface area contributed by atoms with E-state index in [0.717, 1.165) is 55.5 Å². The summed E-state index contributed by atoms with van der Waals surface area (Å²) in [5.74, 6) is -0.253. The van der Waals surface area contributed by atoms with Gasteiger partial charge in [0.2, 0.25) is 5.91 Å². The lowest BCUT2D eigenvalue weighted by molar-refractivity contribution is -0.122. The van der Waals surface area contributed by atoms with E-state index in [-0.39, 0.29) is 5.91 Å². The van der Waals surface area contributed by atoms with Crippen molar-refractivity contribution in [1.29, 1.82) is 0 Å². The molecule has 0 bridgehead atoms. The number of para-hydroxylation sites is 1. The Kier molecular flexibility index (Phi) is 5.65. The molecule has 1 aliphatic heterocycles. The molecule has 2 rings (SSSR count). The first kappa shape index (κ1) is 16.3. The molecule has 0 aromatic heterocycles. The maximum absolute atomic E-state index is 12.1. The maximum atomic E-state index is 12.1. The quantitative estimate of drug-likeness (QED) is 0.855. The van der Waals surface area contributed by atoms with E-state index in [1.54, 1.807) is 0 Å². The van der Waals surface area contributed by atoms with Gasteiger partial charge in [0, 0.05) is 16.7 Å². The van der Waals surface area contributed by atoms with Gasteiger partial charge in [0.25, 0.3) is 0 Å². The zero-order chi connectivity index (χ0) is 15.3. The van der Waals surface area contributed by atoms with Gasteiger partial charge in [-0.05, 0) is 66.8 Å². The number of primary amides is 1. The van der Waals surface area contributed by atoms with Crippen LogP contribution in [0.15, 0.2) is 28.7 Å². The van der Waals surface area contributed by atoms with Crippen LogP contribution in [0.4, 0.5) is 5.69 Å². The fourth-order valence-electron chi connectivity index (χ4n) is 2.98. The van der Waals surface area contributed by atoms with Crippen LogP contribution in [0.25, 0.3) is 0 Å². The molecule has 0 saturated carbocycles. The topological polar surface area (TPSA) is 58.4 Å². The summed E-state index contributed by atoms with van der Waals surface area (Å²) < 4.78 is 0.959. The standard InChI is InChI=1S/C16H24BrN3O/c1-2-10-20-11-5-8-16(9-12-20,15(18)21)19-14-7-4-3-6-13(14)17/h3-4,6-7,19H,2,5,8-12H2,1H3,(H2,18,21). The van der Waals surface area contributed by atoms with E-state index in [4.69, 9.17) is 5.73 Å². The molecule has 0 aliphatic carbocycles. The predicted octanol–water partition coefficient (Wildman–Crippen LogP) is 2.98. The second-order valence-corrected chi connectivity index (χ2v) is 6.60. The summed E-state index contributed by atoms with van der Waals surface area (Å²) in [5.41, 5.74) is 6.04. The van der Waals surface area contributed by atoms with Gasteiger partial charge < -0.3 is 16.0 Å². The van der Waals surface area contributed by atoms with Crippen molar-refractivity contribution >= 4 is 27.5 Å². The van der Waals surface area contributed by atoms with Gasteiger partial charge in [-0.3, -0.25) is 4.79 Å². The number of likely N-dealkylation sites (tertiary alicyclic amines) is 1. The van der Waals surface area contributed by atoms with E-state index in [9.17, 15) is 4.79 Å². The number of benzene rings is 1. The minimum atomic E-state index is -0.646. The fourth-order valence-corrected chi connectivity index (χ4v) is 3.37. The molecule has 1 aromatic carbocycles. The molecule has 1 aromatic rings. The van der Waals surface area contributed by atoms with Crippen LogP contribution in [0.5, 0.6) is 0 Å². The highest BCUT2D eigenvalue weighted by Gasteiger charge is 2.38. The molecular weight excluding hydrogens is 330 g/mol. The van der Waals surface area contributed by atoms with Gasteiger partial charge in [-0.2, -0.15) is 0 Å². The van der Waals surface area contributed by atoms with Crippen molar-refractivity contribution < 1.29 is 4.79 Å². The lowest BCUT2D eigenvalue weighted by atomic mass is 9.89. The van der Waals surface area contributed by atoms with E-state index in [0.29, 0.717) is 0 Å². The summed E-state index contributed by atoms with van der Waals surface area (Å²) in [7, 11) is 0. The Labute approximate surface area is 135 Å². The van der Waals surface area contributed by atoms with Crippen LogP contribution in [0, 0.1) is 0 Å². The number of anilines is 1. The Bertz CT molecular complexity index is 494. The van der Waals surface area contributed by atoms with Crippen molar-refractivity contribution in [3.8, 4) is 0 Å². The number of rotatable bonds is 5. The number of amides is 1. The van der Waals surface area contributed by atoms with Gasteiger partial charge in [0.05, 0.1) is 0 Å². The molecule has 0 radical (unpaired) electrons. The molecule has 3 N–H and O–H groups in total. The summed E-state index contributed by atoms with van der Waals surface area (Å²) in [6.45, 7) is 5.23. The molecule has 1 heterocycles. The zero-order valence-electron chi connectivity index (χ0n) is 12.6. The molecule has 4 nitrogen and oxygen atoms in total. The van der Waals surface area contributed by atoms with E-state index in [1.807, 2.05) is 24.3 Å². The molecule has 116 valence electrons. The minimum absolute atomic E-state index is 0.253. The third-order valence-electron chi connectivity index (χ3n) is 4.19. The van der Waals surface area contributed by atoms with E-state index in [1.165, 1.54) is 0 Å². The number of hydrogen-bond donors (Lipinski definition) is 2.